The van der Waals surface area contributed by atoms with Gasteiger partial charge in [0.15, 0.2) is 5.82 Å². The second kappa shape index (κ2) is 10.8. The Balaban J connectivity index is 1.15. The summed E-state index contributed by atoms with van der Waals surface area (Å²) in [7, 11) is 0. The minimum atomic E-state index is -0.339. The lowest BCUT2D eigenvalue weighted by molar-refractivity contribution is 0.260. The zero-order valence-electron chi connectivity index (χ0n) is 20.2. The van der Waals surface area contributed by atoms with E-state index >= 15 is 0 Å². The molecule has 1 aliphatic heterocycles. The van der Waals surface area contributed by atoms with E-state index in [9.17, 15) is 8.78 Å². The topological polar surface area (TPSA) is 58.3 Å². The number of benzene rings is 1. The van der Waals surface area contributed by atoms with E-state index < -0.39 is 0 Å². The molecule has 5 rings (SSSR count). The number of nitrogens with zero attached hydrogens (tertiary/aromatic N) is 5. The average Bonchev–Trinajstić information content (AvgIpc) is 3.31. The van der Waals surface area contributed by atoms with Crippen LogP contribution in [0.1, 0.15) is 37.7 Å². The summed E-state index contributed by atoms with van der Waals surface area (Å²) in [6.07, 6.45) is 10.9. The summed E-state index contributed by atoms with van der Waals surface area (Å²) >= 11 is 0. The van der Waals surface area contributed by atoms with Gasteiger partial charge in [-0.15, -0.1) is 0 Å². The normalized spacial score (nSPS) is 15.8. The number of halogens is 2. The highest BCUT2D eigenvalue weighted by atomic mass is 19.1. The number of rotatable bonds is 9. The molecule has 186 valence electrons. The van der Waals surface area contributed by atoms with Crippen molar-refractivity contribution < 1.29 is 8.78 Å². The second-order valence-electron chi connectivity index (χ2n) is 9.31. The van der Waals surface area contributed by atoms with Gasteiger partial charge in [-0.2, -0.15) is 0 Å². The van der Waals surface area contributed by atoms with Gasteiger partial charge in [-0.1, -0.05) is 18.7 Å². The van der Waals surface area contributed by atoms with Crippen molar-refractivity contribution in [1.29, 1.82) is 0 Å². The van der Waals surface area contributed by atoms with Crippen LogP contribution >= 0.6 is 0 Å². The number of anilines is 1. The van der Waals surface area contributed by atoms with Gasteiger partial charge in [0, 0.05) is 37.2 Å². The summed E-state index contributed by atoms with van der Waals surface area (Å²) in [6, 6.07) is 11.9. The summed E-state index contributed by atoms with van der Waals surface area (Å²) < 4.78 is 28.5. The van der Waals surface area contributed by atoms with Crippen LogP contribution < -0.4 is 5.32 Å². The monoisotopic (exact) mass is 488 g/mol. The first-order valence-corrected chi connectivity index (χ1v) is 12.4. The van der Waals surface area contributed by atoms with Gasteiger partial charge >= 0.3 is 0 Å². The number of allylic oxidation sites excluding steroid dienone is 1. The van der Waals surface area contributed by atoms with E-state index in [2.05, 4.69) is 31.7 Å². The minimum Gasteiger partial charge on any atom is -0.373 e. The molecule has 1 N–H and O–H groups in total. The molecular formula is C28H30F2N6. The molecule has 1 aliphatic rings. The highest BCUT2D eigenvalue weighted by Gasteiger charge is 2.21. The largest absolute Gasteiger partial charge is 0.373 e. The molecule has 1 atom stereocenters. The number of hydrogen-bond donors (Lipinski definition) is 1. The highest BCUT2D eigenvalue weighted by molar-refractivity contribution is 5.58. The fraction of sp³-hybridized carbons (Fsp3) is 0.321. The molecule has 0 spiro atoms. The Hall–Kier alpha value is -3.81. The van der Waals surface area contributed by atoms with Gasteiger partial charge < -0.3 is 10.2 Å². The molecule has 3 aromatic heterocycles. The predicted molar refractivity (Wildman–Crippen MR) is 137 cm³/mol. The lowest BCUT2D eigenvalue weighted by atomic mass is 10.0. The highest BCUT2D eigenvalue weighted by Crippen LogP contribution is 2.23. The Labute approximate surface area is 209 Å². The SMILES string of the molecule is C=C(CCCCc1ccc(F)cc1)N1CCC[C@@H](Nc2ccnc(-c3cnc4ccc(F)cn34)n2)C1. The fourth-order valence-electron chi connectivity index (χ4n) is 4.74. The van der Waals surface area contributed by atoms with Crippen LogP contribution in [0, 0.1) is 11.6 Å². The zero-order chi connectivity index (χ0) is 24.9. The van der Waals surface area contributed by atoms with Crippen LogP contribution in [-0.4, -0.2) is 43.4 Å². The van der Waals surface area contributed by atoms with Gasteiger partial charge in [0.05, 0.1) is 6.20 Å². The summed E-state index contributed by atoms with van der Waals surface area (Å²) in [5.74, 6) is 0.706. The molecule has 0 radical (unpaired) electrons. The molecule has 4 aromatic rings. The van der Waals surface area contributed by atoms with Crippen molar-refractivity contribution in [1.82, 2.24) is 24.3 Å². The fourth-order valence-corrected chi connectivity index (χ4v) is 4.74. The Kier molecular flexibility index (Phi) is 7.21. The van der Waals surface area contributed by atoms with E-state index in [1.165, 1.54) is 30.0 Å². The first-order valence-electron chi connectivity index (χ1n) is 12.4. The van der Waals surface area contributed by atoms with Gasteiger partial charge in [0.2, 0.25) is 0 Å². The molecule has 1 saturated heterocycles. The quantitative estimate of drug-likeness (QED) is 0.299. The standard InChI is InChI=1S/C28H30F2N6/c1-20(5-2-3-6-21-8-10-22(29)11-9-21)35-16-4-7-24(19-35)33-26-14-15-31-28(34-26)25-17-32-27-13-12-23(30)18-36(25)27/h8-15,17-18,24H,1-7,16,19H2,(H,31,33,34)/t24-/m1/s1. The number of piperidine rings is 1. The lowest BCUT2D eigenvalue weighted by Crippen LogP contribution is -2.41. The predicted octanol–water partition coefficient (Wildman–Crippen LogP) is 5.87. The van der Waals surface area contributed by atoms with Crippen molar-refractivity contribution in [3.8, 4) is 11.5 Å². The number of hydrogen-bond acceptors (Lipinski definition) is 5. The molecule has 0 saturated carbocycles. The number of likely N-dealkylation sites (tertiary alicyclic amines) is 1. The van der Waals surface area contributed by atoms with Gasteiger partial charge in [-0.05, 0) is 74.4 Å². The second-order valence-corrected chi connectivity index (χ2v) is 9.31. The molecule has 0 unspecified atom stereocenters. The maximum absolute atomic E-state index is 13.8. The molecule has 0 amide bonds. The third kappa shape index (κ3) is 5.70. The molecule has 6 nitrogen and oxygen atoms in total. The molecule has 1 aromatic carbocycles. The molecule has 4 heterocycles. The van der Waals surface area contributed by atoms with E-state index in [4.69, 9.17) is 0 Å². The third-order valence-corrected chi connectivity index (χ3v) is 6.67. The Morgan fingerprint density at radius 1 is 1.03 bits per heavy atom. The Bertz CT molecular complexity index is 1330. The van der Waals surface area contributed by atoms with Crippen LogP contribution in [0.5, 0.6) is 0 Å². The first-order chi connectivity index (χ1) is 17.5. The molecular weight excluding hydrogens is 458 g/mol. The zero-order valence-corrected chi connectivity index (χ0v) is 20.2. The Morgan fingerprint density at radius 2 is 1.86 bits per heavy atom. The van der Waals surface area contributed by atoms with Gasteiger partial charge in [-0.25, -0.2) is 23.7 Å². The van der Waals surface area contributed by atoms with Crippen molar-refractivity contribution in [2.45, 2.75) is 44.6 Å². The minimum absolute atomic E-state index is 0.190. The van der Waals surface area contributed by atoms with Crippen LogP contribution in [0.3, 0.4) is 0 Å². The van der Waals surface area contributed by atoms with Crippen LogP contribution in [0.2, 0.25) is 0 Å². The van der Waals surface area contributed by atoms with E-state index in [1.54, 1.807) is 22.9 Å². The van der Waals surface area contributed by atoms with E-state index in [1.807, 2.05) is 18.2 Å². The maximum atomic E-state index is 13.8. The van der Waals surface area contributed by atoms with Crippen molar-refractivity contribution in [3.05, 3.63) is 90.5 Å². The van der Waals surface area contributed by atoms with Crippen LogP contribution in [-0.2, 0) is 6.42 Å². The van der Waals surface area contributed by atoms with E-state index in [0.29, 0.717) is 17.2 Å². The Morgan fingerprint density at radius 3 is 2.72 bits per heavy atom. The van der Waals surface area contributed by atoms with Crippen molar-refractivity contribution in [3.63, 3.8) is 0 Å². The van der Waals surface area contributed by atoms with Crippen LogP contribution in [0.4, 0.5) is 14.6 Å². The number of aromatic nitrogens is 4. The summed E-state index contributed by atoms with van der Waals surface area (Å²) in [5.41, 5.74) is 3.62. The van der Waals surface area contributed by atoms with Crippen LogP contribution in [0.15, 0.2) is 73.3 Å². The maximum Gasteiger partial charge on any atom is 0.180 e. The molecule has 0 aliphatic carbocycles. The molecule has 0 bridgehead atoms. The van der Waals surface area contributed by atoms with Crippen molar-refractivity contribution in [2.24, 2.45) is 0 Å². The van der Waals surface area contributed by atoms with Crippen LogP contribution in [0.25, 0.3) is 17.2 Å². The molecule has 36 heavy (non-hydrogen) atoms. The number of unbranched alkanes of at least 4 members (excludes halogenated alkanes) is 1. The van der Waals surface area contributed by atoms with Crippen molar-refractivity contribution in [2.75, 3.05) is 18.4 Å². The van der Waals surface area contributed by atoms with Crippen molar-refractivity contribution >= 4 is 11.5 Å². The average molecular weight is 489 g/mol. The molecule has 1 fully saturated rings. The number of imidazole rings is 1. The third-order valence-electron chi connectivity index (χ3n) is 6.67. The number of pyridine rings is 1. The van der Waals surface area contributed by atoms with Gasteiger partial charge in [0.25, 0.3) is 0 Å². The van der Waals surface area contributed by atoms with Gasteiger partial charge in [0.1, 0.15) is 28.8 Å². The first kappa shape index (κ1) is 23.9. The van der Waals surface area contributed by atoms with E-state index in [-0.39, 0.29) is 17.7 Å². The number of fused-ring (bicyclic) bond motifs is 1. The number of aryl methyl sites for hydroxylation is 1. The van der Waals surface area contributed by atoms with Gasteiger partial charge in [-0.3, -0.25) is 4.40 Å². The summed E-state index contributed by atoms with van der Waals surface area (Å²) in [5, 5.41) is 3.55. The summed E-state index contributed by atoms with van der Waals surface area (Å²) in [6.45, 7) is 6.23. The lowest BCUT2D eigenvalue weighted by Gasteiger charge is -2.36. The molecule has 8 heteroatoms. The van der Waals surface area contributed by atoms with E-state index in [0.717, 1.165) is 63.1 Å². The number of nitrogens with one attached hydrogen (secondary N) is 1. The summed E-state index contributed by atoms with van der Waals surface area (Å²) in [4.78, 5) is 15.8. The smallest absolute Gasteiger partial charge is 0.180 e.